The molecule has 1 aliphatic heterocycles. The lowest BCUT2D eigenvalue weighted by atomic mass is 10.2. The first-order chi connectivity index (χ1) is 14.3. The molecule has 0 atom stereocenters. The molecular formula is C23H33N5O. The number of rotatable bonds is 8. The number of benzene rings is 1. The van der Waals surface area contributed by atoms with Crippen LogP contribution in [0.4, 0.5) is 5.82 Å². The lowest BCUT2D eigenvalue weighted by Crippen LogP contribution is -2.37. The van der Waals surface area contributed by atoms with E-state index in [2.05, 4.69) is 37.6 Å². The molecule has 2 N–H and O–H groups in total. The summed E-state index contributed by atoms with van der Waals surface area (Å²) >= 11 is 0. The van der Waals surface area contributed by atoms with Crippen LogP contribution in [-0.4, -0.2) is 44.2 Å². The number of aromatic nitrogens is 1. The van der Waals surface area contributed by atoms with Gasteiger partial charge in [-0.25, -0.2) is 4.98 Å². The van der Waals surface area contributed by atoms with E-state index in [0.29, 0.717) is 6.61 Å². The first-order valence-corrected chi connectivity index (χ1v) is 10.7. The fourth-order valence-corrected chi connectivity index (χ4v) is 3.44. The molecule has 1 aliphatic rings. The number of nitrogens with zero attached hydrogens (tertiary/aromatic N) is 3. The zero-order valence-corrected chi connectivity index (χ0v) is 17.4. The molecule has 1 aromatic carbocycles. The molecule has 156 valence electrons. The molecule has 29 heavy (non-hydrogen) atoms. The number of hydrogen-bond donors (Lipinski definition) is 2. The summed E-state index contributed by atoms with van der Waals surface area (Å²) in [5.41, 5.74) is 1.22. The van der Waals surface area contributed by atoms with Gasteiger partial charge in [0.25, 0.3) is 0 Å². The molecule has 0 radical (unpaired) electrons. The molecule has 6 nitrogen and oxygen atoms in total. The van der Waals surface area contributed by atoms with Crippen LogP contribution < -0.4 is 20.3 Å². The predicted octanol–water partition coefficient (Wildman–Crippen LogP) is 3.60. The molecule has 1 fully saturated rings. The Morgan fingerprint density at radius 1 is 1.07 bits per heavy atom. The van der Waals surface area contributed by atoms with Crippen LogP contribution in [0.25, 0.3) is 0 Å². The van der Waals surface area contributed by atoms with Crippen LogP contribution >= 0.6 is 0 Å². The standard InChI is InChI=1S/C23H33N5O/c1-24-23(26-13-9-17-29-21-10-5-4-6-11-21)27-19-20-12-14-25-22(18-20)28-15-7-2-3-8-16-28/h4-6,10-12,14,18H,2-3,7-9,13,15-17,19H2,1H3,(H2,24,26,27). The van der Waals surface area contributed by atoms with Gasteiger partial charge in [0.2, 0.25) is 0 Å². The summed E-state index contributed by atoms with van der Waals surface area (Å²) < 4.78 is 5.72. The molecule has 6 heteroatoms. The van der Waals surface area contributed by atoms with Crippen molar-refractivity contribution in [2.75, 3.05) is 38.2 Å². The largest absolute Gasteiger partial charge is 0.494 e. The first-order valence-electron chi connectivity index (χ1n) is 10.7. The van der Waals surface area contributed by atoms with Gasteiger partial charge in [0.15, 0.2) is 5.96 Å². The van der Waals surface area contributed by atoms with Crippen LogP contribution in [0.3, 0.4) is 0 Å². The Labute approximate surface area is 174 Å². The van der Waals surface area contributed by atoms with E-state index in [4.69, 9.17) is 4.74 Å². The number of hydrogen-bond acceptors (Lipinski definition) is 4. The molecule has 2 heterocycles. The SMILES string of the molecule is CN=C(NCCCOc1ccccc1)NCc1ccnc(N2CCCCCC2)c1. The number of aliphatic imine (C=N–C) groups is 1. The number of anilines is 1. The molecule has 1 saturated heterocycles. The minimum absolute atomic E-state index is 0.678. The zero-order chi connectivity index (χ0) is 20.2. The van der Waals surface area contributed by atoms with Gasteiger partial charge in [-0.15, -0.1) is 0 Å². The molecule has 0 spiro atoms. The van der Waals surface area contributed by atoms with Gasteiger partial charge < -0.3 is 20.3 Å². The van der Waals surface area contributed by atoms with Crippen molar-refractivity contribution in [3.63, 3.8) is 0 Å². The second-order valence-electron chi connectivity index (χ2n) is 7.29. The molecule has 0 bridgehead atoms. The van der Waals surface area contributed by atoms with Crippen molar-refractivity contribution in [2.24, 2.45) is 4.99 Å². The quantitative estimate of drug-likeness (QED) is 0.406. The molecule has 0 aliphatic carbocycles. The van der Waals surface area contributed by atoms with Crippen molar-refractivity contribution >= 4 is 11.8 Å². The molecule has 3 rings (SSSR count). The highest BCUT2D eigenvalue weighted by atomic mass is 16.5. The van der Waals surface area contributed by atoms with E-state index in [0.717, 1.165) is 50.1 Å². The summed E-state index contributed by atoms with van der Waals surface area (Å²) in [5, 5.41) is 6.73. The van der Waals surface area contributed by atoms with Crippen molar-refractivity contribution in [3.05, 3.63) is 54.2 Å². The Hall–Kier alpha value is -2.76. The minimum atomic E-state index is 0.678. The summed E-state index contributed by atoms with van der Waals surface area (Å²) in [6, 6.07) is 14.2. The maximum absolute atomic E-state index is 5.72. The maximum atomic E-state index is 5.72. The maximum Gasteiger partial charge on any atom is 0.191 e. The van der Waals surface area contributed by atoms with Crippen molar-refractivity contribution in [1.29, 1.82) is 0 Å². The lowest BCUT2D eigenvalue weighted by Gasteiger charge is -2.22. The summed E-state index contributed by atoms with van der Waals surface area (Å²) in [4.78, 5) is 11.3. The van der Waals surface area contributed by atoms with E-state index in [-0.39, 0.29) is 0 Å². The fraction of sp³-hybridized carbons (Fsp3) is 0.478. The van der Waals surface area contributed by atoms with Crippen LogP contribution in [-0.2, 0) is 6.54 Å². The van der Waals surface area contributed by atoms with Gasteiger partial charge >= 0.3 is 0 Å². The van der Waals surface area contributed by atoms with E-state index in [9.17, 15) is 0 Å². The van der Waals surface area contributed by atoms with Gasteiger partial charge in [-0.3, -0.25) is 4.99 Å². The van der Waals surface area contributed by atoms with Crippen LogP contribution in [0.1, 0.15) is 37.7 Å². The third-order valence-electron chi connectivity index (χ3n) is 5.05. The number of pyridine rings is 1. The van der Waals surface area contributed by atoms with E-state index < -0.39 is 0 Å². The average Bonchev–Trinajstić information content (AvgIpc) is 3.06. The molecule has 0 amide bonds. The van der Waals surface area contributed by atoms with Crippen molar-refractivity contribution in [1.82, 2.24) is 15.6 Å². The van der Waals surface area contributed by atoms with Crippen LogP contribution in [0.15, 0.2) is 53.7 Å². The monoisotopic (exact) mass is 395 g/mol. The first kappa shape index (κ1) is 21.0. The summed E-state index contributed by atoms with van der Waals surface area (Å²) in [7, 11) is 1.80. The number of ether oxygens (including phenoxy) is 1. The summed E-state index contributed by atoms with van der Waals surface area (Å²) in [5.74, 6) is 2.80. The Balaban J connectivity index is 1.39. The van der Waals surface area contributed by atoms with Gasteiger partial charge in [0, 0.05) is 39.4 Å². The third-order valence-corrected chi connectivity index (χ3v) is 5.05. The smallest absolute Gasteiger partial charge is 0.191 e. The number of guanidine groups is 1. The minimum Gasteiger partial charge on any atom is -0.494 e. The summed E-state index contributed by atoms with van der Waals surface area (Å²) in [6.45, 7) is 4.43. The highest BCUT2D eigenvalue weighted by Gasteiger charge is 2.11. The van der Waals surface area contributed by atoms with Gasteiger partial charge in [0.05, 0.1) is 6.61 Å². The molecular weight excluding hydrogens is 362 g/mol. The lowest BCUT2D eigenvalue weighted by molar-refractivity contribution is 0.311. The van der Waals surface area contributed by atoms with Crippen LogP contribution in [0.5, 0.6) is 5.75 Å². The zero-order valence-electron chi connectivity index (χ0n) is 17.4. The number of para-hydroxylation sites is 1. The van der Waals surface area contributed by atoms with Crippen molar-refractivity contribution in [2.45, 2.75) is 38.6 Å². The molecule has 2 aromatic rings. The van der Waals surface area contributed by atoms with Gasteiger partial charge in [-0.2, -0.15) is 0 Å². The van der Waals surface area contributed by atoms with E-state index >= 15 is 0 Å². The van der Waals surface area contributed by atoms with Gasteiger partial charge in [0.1, 0.15) is 11.6 Å². The van der Waals surface area contributed by atoms with Crippen molar-refractivity contribution < 1.29 is 4.74 Å². The Bertz CT molecular complexity index is 742. The highest BCUT2D eigenvalue weighted by molar-refractivity contribution is 5.79. The van der Waals surface area contributed by atoms with Gasteiger partial charge in [-0.05, 0) is 49.1 Å². The van der Waals surface area contributed by atoms with Crippen LogP contribution in [0.2, 0.25) is 0 Å². The molecule has 1 aromatic heterocycles. The fourth-order valence-electron chi connectivity index (χ4n) is 3.44. The Morgan fingerprint density at radius 2 is 1.86 bits per heavy atom. The van der Waals surface area contributed by atoms with Crippen LogP contribution in [0, 0.1) is 0 Å². The average molecular weight is 396 g/mol. The second kappa shape index (κ2) is 11.9. The topological polar surface area (TPSA) is 61.8 Å². The van der Waals surface area contributed by atoms with Gasteiger partial charge in [-0.1, -0.05) is 31.0 Å². The van der Waals surface area contributed by atoms with Crippen molar-refractivity contribution in [3.8, 4) is 5.75 Å². The molecule has 0 saturated carbocycles. The Morgan fingerprint density at radius 3 is 2.62 bits per heavy atom. The predicted molar refractivity (Wildman–Crippen MR) is 120 cm³/mol. The van der Waals surface area contributed by atoms with E-state index in [1.165, 1.54) is 31.2 Å². The van der Waals surface area contributed by atoms with E-state index in [1.807, 2.05) is 36.5 Å². The third kappa shape index (κ3) is 7.29. The molecule has 0 unspecified atom stereocenters. The summed E-state index contributed by atoms with van der Waals surface area (Å²) in [6.07, 6.45) is 7.99. The second-order valence-corrected chi connectivity index (χ2v) is 7.29. The Kier molecular flexibility index (Phi) is 8.63. The highest BCUT2D eigenvalue weighted by Crippen LogP contribution is 2.18. The van der Waals surface area contributed by atoms with E-state index in [1.54, 1.807) is 7.05 Å². The number of nitrogens with one attached hydrogen (secondary N) is 2. The normalized spacial score (nSPS) is 14.9.